The quantitative estimate of drug-likeness (QED) is 0.833. The molecule has 2 aromatic carbocycles. The molecular formula is C21H23N3O2. The Bertz CT molecular complexity index is 777. The summed E-state index contributed by atoms with van der Waals surface area (Å²) in [5.41, 5.74) is 2.16. The molecule has 1 amide bonds. The molecule has 0 N–H and O–H groups in total. The van der Waals surface area contributed by atoms with E-state index in [4.69, 9.17) is 4.74 Å². The molecule has 5 heteroatoms. The van der Waals surface area contributed by atoms with Crippen LogP contribution in [0.2, 0.25) is 0 Å². The molecule has 0 radical (unpaired) electrons. The summed E-state index contributed by atoms with van der Waals surface area (Å²) < 4.78 is 5.54. The van der Waals surface area contributed by atoms with E-state index in [2.05, 4.69) is 11.0 Å². The van der Waals surface area contributed by atoms with E-state index in [1.165, 1.54) is 0 Å². The van der Waals surface area contributed by atoms with E-state index in [-0.39, 0.29) is 18.6 Å². The Hall–Kier alpha value is -2.84. The van der Waals surface area contributed by atoms with Crippen molar-refractivity contribution in [2.75, 3.05) is 32.8 Å². The maximum Gasteiger partial charge on any atom is 0.260 e. The molecule has 1 fully saturated rings. The molecule has 3 rings (SSSR count). The molecule has 1 saturated heterocycles. The smallest absolute Gasteiger partial charge is 0.260 e. The monoisotopic (exact) mass is 349 g/mol. The summed E-state index contributed by atoms with van der Waals surface area (Å²) in [7, 11) is 0. The molecule has 1 aliphatic heterocycles. The van der Waals surface area contributed by atoms with E-state index in [1.807, 2.05) is 66.4 Å². The van der Waals surface area contributed by atoms with E-state index in [1.54, 1.807) is 0 Å². The molecule has 1 atom stereocenters. The fraction of sp³-hybridized carbons (Fsp3) is 0.333. The van der Waals surface area contributed by atoms with Gasteiger partial charge in [-0.25, -0.2) is 0 Å². The normalized spacial score (nSPS) is 15.9. The molecule has 0 saturated carbocycles. The van der Waals surface area contributed by atoms with Gasteiger partial charge in [0.05, 0.1) is 6.07 Å². The van der Waals surface area contributed by atoms with E-state index < -0.39 is 0 Å². The highest BCUT2D eigenvalue weighted by atomic mass is 16.5. The fourth-order valence-corrected chi connectivity index (χ4v) is 3.22. The number of piperazine rings is 1. The Kier molecular flexibility index (Phi) is 5.88. The zero-order chi connectivity index (χ0) is 18.4. The predicted octanol–water partition coefficient (Wildman–Crippen LogP) is 2.78. The summed E-state index contributed by atoms with van der Waals surface area (Å²) in [6.07, 6.45) is 0. The minimum absolute atomic E-state index is 0.0158. The average Bonchev–Trinajstić information content (AvgIpc) is 2.69. The van der Waals surface area contributed by atoms with Gasteiger partial charge in [0.25, 0.3) is 5.91 Å². The molecule has 134 valence electrons. The molecule has 0 bridgehead atoms. The lowest BCUT2D eigenvalue weighted by molar-refractivity contribution is -0.135. The van der Waals surface area contributed by atoms with Crippen LogP contribution in [0.5, 0.6) is 5.75 Å². The van der Waals surface area contributed by atoms with Gasteiger partial charge < -0.3 is 9.64 Å². The third kappa shape index (κ3) is 4.22. The van der Waals surface area contributed by atoms with Crippen LogP contribution in [0.3, 0.4) is 0 Å². The molecule has 1 heterocycles. The number of hydrogen-bond donors (Lipinski definition) is 0. The van der Waals surface area contributed by atoms with E-state index >= 15 is 0 Å². The molecular weight excluding hydrogens is 326 g/mol. The zero-order valence-electron chi connectivity index (χ0n) is 15.0. The van der Waals surface area contributed by atoms with Crippen molar-refractivity contribution >= 4 is 5.91 Å². The predicted molar refractivity (Wildman–Crippen MR) is 99.6 cm³/mol. The number of carbonyl (C=O) groups excluding carboxylic acids is 1. The van der Waals surface area contributed by atoms with Gasteiger partial charge in [0.1, 0.15) is 11.8 Å². The third-order valence-electron chi connectivity index (χ3n) is 4.74. The minimum atomic E-state index is -0.269. The first kappa shape index (κ1) is 18.0. The van der Waals surface area contributed by atoms with Gasteiger partial charge in [0.15, 0.2) is 6.61 Å². The zero-order valence-corrected chi connectivity index (χ0v) is 15.0. The van der Waals surface area contributed by atoms with Crippen LogP contribution in [-0.2, 0) is 4.79 Å². The Morgan fingerprint density at radius 1 is 1.08 bits per heavy atom. The van der Waals surface area contributed by atoms with Crippen molar-refractivity contribution in [3.05, 3.63) is 65.7 Å². The number of nitriles is 1. The van der Waals surface area contributed by atoms with Crippen molar-refractivity contribution in [3.8, 4) is 11.8 Å². The van der Waals surface area contributed by atoms with Gasteiger partial charge in [-0.05, 0) is 30.2 Å². The topological polar surface area (TPSA) is 56.6 Å². The largest absolute Gasteiger partial charge is 0.484 e. The number of carbonyl (C=O) groups is 1. The highest BCUT2D eigenvalue weighted by Gasteiger charge is 2.27. The van der Waals surface area contributed by atoms with Gasteiger partial charge in [-0.3, -0.25) is 9.69 Å². The Labute approximate surface area is 154 Å². The van der Waals surface area contributed by atoms with Crippen LogP contribution in [0.15, 0.2) is 54.6 Å². The van der Waals surface area contributed by atoms with Crippen LogP contribution >= 0.6 is 0 Å². The highest BCUT2D eigenvalue weighted by Crippen LogP contribution is 2.24. The molecule has 0 aliphatic carbocycles. The van der Waals surface area contributed by atoms with Gasteiger partial charge in [-0.1, -0.05) is 42.5 Å². The van der Waals surface area contributed by atoms with Crippen molar-refractivity contribution in [1.29, 1.82) is 5.26 Å². The van der Waals surface area contributed by atoms with Crippen LogP contribution in [0.1, 0.15) is 17.2 Å². The standard InChI is InChI=1S/C21H23N3O2/c1-17-7-5-6-10-19(17)20(15-22)23-11-13-24(14-12-23)21(25)16-26-18-8-3-2-4-9-18/h2-10,20H,11-14,16H2,1H3. The summed E-state index contributed by atoms with van der Waals surface area (Å²) >= 11 is 0. The van der Waals surface area contributed by atoms with E-state index in [0.29, 0.717) is 31.9 Å². The van der Waals surface area contributed by atoms with Crippen LogP contribution in [-0.4, -0.2) is 48.5 Å². The average molecular weight is 349 g/mol. The summed E-state index contributed by atoms with van der Waals surface area (Å²) in [4.78, 5) is 16.3. The second-order valence-corrected chi connectivity index (χ2v) is 6.41. The summed E-state index contributed by atoms with van der Waals surface area (Å²) in [5.74, 6) is 0.682. The summed E-state index contributed by atoms with van der Waals surface area (Å²) in [6, 6.07) is 19.5. The number of ether oxygens (including phenoxy) is 1. The number of para-hydroxylation sites is 1. The third-order valence-corrected chi connectivity index (χ3v) is 4.74. The van der Waals surface area contributed by atoms with E-state index in [9.17, 15) is 10.1 Å². The lowest BCUT2D eigenvalue weighted by Crippen LogP contribution is -2.50. The van der Waals surface area contributed by atoms with Crippen LogP contribution < -0.4 is 4.74 Å². The minimum Gasteiger partial charge on any atom is -0.484 e. The molecule has 0 aromatic heterocycles. The van der Waals surface area contributed by atoms with Crippen molar-refractivity contribution in [1.82, 2.24) is 9.80 Å². The van der Waals surface area contributed by atoms with E-state index in [0.717, 1.165) is 11.1 Å². The SMILES string of the molecule is Cc1ccccc1C(C#N)N1CCN(C(=O)COc2ccccc2)CC1. The Morgan fingerprint density at radius 2 is 1.73 bits per heavy atom. The molecule has 0 spiro atoms. The first-order chi connectivity index (χ1) is 12.7. The number of aryl methyl sites for hydroxylation is 1. The van der Waals surface area contributed by atoms with Crippen molar-refractivity contribution < 1.29 is 9.53 Å². The molecule has 1 unspecified atom stereocenters. The Balaban J connectivity index is 1.54. The molecule has 26 heavy (non-hydrogen) atoms. The maximum absolute atomic E-state index is 12.4. The lowest BCUT2D eigenvalue weighted by atomic mass is 10.0. The number of amides is 1. The van der Waals surface area contributed by atoms with Crippen LogP contribution in [0, 0.1) is 18.3 Å². The van der Waals surface area contributed by atoms with Gasteiger partial charge in [-0.2, -0.15) is 5.26 Å². The number of rotatable bonds is 5. The summed E-state index contributed by atoms with van der Waals surface area (Å²) in [5, 5.41) is 9.65. The second kappa shape index (κ2) is 8.50. The maximum atomic E-state index is 12.4. The first-order valence-corrected chi connectivity index (χ1v) is 8.84. The number of nitrogens with zero attached hydrogens (tertiary/aromatic N) is 3. The first-order valence-electron chi connectivity index (χ1n) is 8.84. The van der Waals surface area contributed by atoms with Crippen LogP contribution in [0.25, 0.3) is 0 Å². The molecule has 1 aliphatic rings. The number of benzene rings is 2. The Morgan fingerprint density at radius 3 is 2.38 bits per heavy atom. The summed E-state index contributed by atoms with van der Waals surface area (Å²) in [6.45, 7) is 4.67. The molecule has 5 nitrogen and oxygen atoms in total. The fourth-order valence-electron chi connectivity index (χ4n) is 3.22. The lowest BCUT2D eigenvalue weighted by Gasteiger charge is -2.37. The van der Waals surface area contributed by atoms with Crippen molar-refractivity contribution in [2.45, 2.75) is 13.0 Å². The number of hydrogen-bond acceptors (Lipinski definition) is 4. The van der Waals surface area contributed by atoms with Gasteiger partial charge in [0, 0.05) is 26.2 Å². The van der Waals surface area contributed by atoms with Gasteiger partial charge in [0.2, 0.25) is 0 Å². The second-order valence-electron chi connectivity index (χ2n) is 6.41. The van der Waals surface area contributed by atoms with Crippen molar-refractivity contribution in [2.24, 2.45) is 0 Å². The van der Waals surface area contributed by atoms with Gasteiger partial charge >= 0.3 is 0 Å². The van der Waals surface area contributed by atoms with Crippen molar-refractivity contribution in [3.63, 3.8) is 0 Å². The van der Waals surface area contributed by atoms with Gasteiger partial charge in [-0.15, -0.1) is 0 Å². The van der Waals surface area contributed by atoms with Crippen LogP contribution in [0.4, 0.5) is 0 Å². The molecule has 2 aromatic rings. The highest BCUT2D eigenvalue weighted by molar-refractivity contribution is 5.77.